The van der Waals surface area contributed by atoms with Crippen molar-refractivity contribution >= 4 is 19.2 Å². The first kappa shape index (κ1) is 6.85. The molecule has 1 atom stereocenters. The highest BCUT2D eigenvalue weighted by Crippen LogP contribution is 2.25. The molecule has 0 aliphatic carbocycles. The number of rotatable bonds is 1. The highest BCUT2D eigenvalue weighted by atomic mass is 35.7. The Labute approximate surface area is 61.0 Å². The molecule has 48 valence electrons. The molecule has 1 nitrogen and oxygen atoms in total. The van der Waals surface area contributed by atoms with Crippen molar-refractivity contribution < 1.29 is 0 Å². The maximum atomic E-state index is 5.58. The molecule has 0 amide bonds. The summed E-state index contributed by atoms with van der Waals surface area (Å²) in [7, 11) is 0.322. The van der Waals surface area contributed by atoms with Gasteiger partial charge >= 0.3 is 0 Å². The van der Waals surface area contributed by atoms with E-state index in [0.29, 0.717) is 7.93 Å². The largest absolute Gasteiger partial charge is 0.361 e. The van der Waals surface area contributed by atoms with E-state index in [2.05, 4.69) is 5.32 Å². The lowest BCUT2D eigenvalue weighted by Gasteiger charge is -1.97. The fourth-order valence-electron chi connectivity index (χ4n) is 0.516. The number of hydrogen-bond donors (Lipinski definition) is 1. The van der Waals surface area contributed by atoms with E-state index in [-0.39, 0.29) is 0 Å². The quantitative estimate of drug-likeness (QED) is 0.579. The summed E-state index contributed by atoms with van der Waals surface area (Å²) in [6.45, 7) is 0. The van der Waals surface area contributed by atoms with E-state index in [0.717, 1.165) is 5.44 Å². The molecule has 1 heterocycles. The van der Waals surface area contributed by atoms with E-state index < -0.39 is 0 Å². The molecule has 0 spiro atoms. The Bertz CT molecular complexity index is 172. The molecule has 9 heavy (non-hydrogen) atoms. The van der Waals surface area contributed by atoms with Gasteiger partial charge in [-0.2, -0.15) is 0 Å². The minimum atomic E-state index is 0.322. The number of nitrogens with one attached hydrogen (secondary N) is 1. The van der Waals surface area contributed by atoms with Crippen LogP contribution in [0, 0.1) is 0 Å². The van der Waals surface area contributed by atoms with Crippen molar-refractivity contribution in [3.05, 3.63) is 35.9 Å². The van der Waals surface area contributed by atoms with Crippen LogP contribution in [0.25, 0.3) is 0 Å². The average molecular weight is 160 g/mol. The van der Waals surface area contributed by atoms with Gasteiger partial charge in [0.25, 0.3) is 0 Å². The molecule has 0 saturated carbocycles. The predicted octanol–water partition coefficient (Wildman–Crippen LogP) is 2.33. The van der Waals surface area contributed by atoms with Crippen LogP contribution in [-0.4, -0.2) is 0 Å². The molecule has 1 unspecified atom stereocenters. The van der Waals surface area contributed by atoms with Crippen LogP contribution in [0.1, 0.15) is 0 Å². The molecule has 0 fully saturated rings. The Hall–Kier alpha value is -0.260. The van der Waals surface area contributed by atoms with Gasteiger partial charge in [0, 0.05) is 14.1 Å². The molecule has 3 heteroatoms. The monoisotopic (exact) mass is 159 g/mol. The Balaban J connectivity index is 2.62. The van der Waals surface area contributed by atoms with Gasteiger partial charge in [0.2, 0.25) is 0 Å². The summed E-state index contributed by atoms with van der Waals surface area (Å²) in [6, 6.07) is 0. The van der Waals surface area contributed by atoms with Crippen molar-refractivity contribution in [2.75, 3.05) is 0 Å². The van der Waals surface area contributed by atoms with Crippen molar-refractivity contribution in [1.82, 2.24) is 5.32 Å². The summed E-state index contributed by atoms with van der Waals surface area (Å²) in [5, 5.41) is 3.03. The van der Waals surface area contributed by atoms with Crippen LogP contribution in [0.3, 0.4) is 0 Å². The fraction of sp³-hybridized carbons (Fsp3) is 0. The van der Waals surface area contributed by atoms with Gasteiger partial charge in [-0.25, -0.2) is 0 Å². The van der Waals surface area contributed by atoms with Gasteiger partial charge in [-0.1, -0.05) is 23.4 Å². The van der Waals surface area contributed by atoms with Gasteiger partial charge < -0.3 is 5.32 Å². The smallest absolute Gasteiger partial charge is 0.0510 e. The minimum absolute atomic E-state index is 0.322. The summed E-state index contributed by atoms with van der Waals surface area (Å²) in [5.41, 5.74) is 1.06. The van der Waals surface area contributed by atoms with Crippen LogP contribution in [0.4, 0.5) is 0 Å². The van der Waals surface area contributed by atoms with Crippen molar-refractivity contribution in [3.8, 4) is 0 Å². The third kappa shape index (κ3) is 2.21. The molecule has 0 aromatic heterocycles. The average Bonchev–Trinajstić information content (AvgIpc) is 2.13. The van der Waals surface area contributed by atoms with Crippen LogP contribution in [0.5, 0.6) is 0 Å². The van der Waals surface area contributed by atoms with Crippen molar-refractivity contribution in [3.63, 3.8) is 0 Å². The summed E-state index contributed by atoms with van der Waals surface area (Å²) in [6.07, 6.45) is 9.68. The molecule has 1 N–H and O–H groups in total. The van der Waals surface area contributed by atoms with Gasteiger partial charge in [0.05, 0.1) is 5.44 Å². The third-order valence-corrected chi connectivity index (χ3v) is 2.05. The second-order valence-corrected chi connectivity index (χ2v) is 2.86. The second kappa shape index (κ2) is 3.71. The van der Waals surface area contributed by atoms with Gasteiger partial charge in [-0.3, -0.25) is 0 Å². The Morgan fingerprint density at radius 2 is 2.22 bits per heavy atom. The molecular weight excluding hydrogens is 152 g/mol. The summed E-state index contributed by atoms with van der Waals surface area (Å²) in [5.74, 6) is 0. The Morgan fingerprint density at radius 3 is 3.00 bits per heavy atom. The van der Waals surface area contributed by atoms with Gasteiger partial charge in [0.1, 0.15) is 0 Å². The molecule has 0 aromatic rings. The van der Waals surface area contributed by atoms with Crippen molar-refractivity contribution in [2.45, 2.75) is 0 Å². The van der Waals surface area contributed by atoms with E-state index in [1.165, 1.54) is 0 Å². The van der Waals surface area contributed by atoms with E-state index in [1.807, 2.05) is 30.5 Å². The lowest BCUT2D eigenvalue weighted by atomic mass is 10.5. The van der Waals surface area contributed by atoms with Crippen LogP contribution in [0.15, 0.2) is 35.9 Å². The lowest BCUT2D eigenvalue weighted by Crippen LogP contribution is -1.96. The van der Waals surface area contributed by atoms with Gasteiger partial charge in [-0.05, 0) is 12.2 Å². The van der Waals surface area contributed by atoms with Crippen LogP contribution < -0.4 is 5.32 Å². The molecule has 1 aliphatic heterocycles. The standard InChI is InChI=1S/C6H7ClNP/c7-9-6-4-2-1-3-5-8-6/h1-5,8-9H. The second-order valence-electron chi connectivity index (χ2n) is 1.56. The van der Waals surface area contributed by atoms with E-state index in [4.69, 9.17) is 11.2 Å². The van der Waals surface area contributed by atoms with Crippen LogP contribution in [-0.2, 0) is 0 Å². The van der Waals surface area contributed by atoms with Crippen molar-refractivity contribution in [1.29, 1.82) is 0 Å². The zero-order valence-corrected chi connectivity index (χ0v) is 6.52. The van der Waals surface area contributed by atoms with Gasteiger partial charge in [0.15, 0.2) is 0 Å². The zero-order valence-electron chi connectivity index (χ0n) is 4.76. The highest BCUT2D eigenvalue weighted by Gasteiger charge is 1.88. The molecule has 0 bridgehead atoms. The highest BCUT2D eigenvalue weighted by molar-refractivity contribution is 7.72. The van der Waals surface area contributed by atoms with E-state index >= 15 is 0 Å². The molecule has 0 radical (unpaired) electrons. The van der Waals surface area contributed by atoms with E-state index in [1.54, 1.807) is 0 Å². The minimum Gasteiger partial charge on any atom is -0.361 e. The SMILES string of the molecule is ClPC1=CC=CC=CN1. The first-order valence-electron chi connectivity index (χ1n) is 2.60. The lowest BCUT2D eigenvalue weighted by molar-refractivity contribution is 1.17. The van der Waals surface area contributed by atoms with E-state index in [9.17, 15) is 0 Å². The Kier molecular flexibility index (Phi) is 2.82. The number of halogens is 1. The maximum Gasteiger partial charge on any atom is 0.0510 e. The maximum absolute atomic E-state index is 5.58. The number of allylic oxidation sites excluding steroid dienone is 4. The van der Waals surface area contributed by atoms with Gasteiger partial charge in [-0.15, -0.1) is 0 Å². The summed E-state index contributed by atoms with van der Waals surface area (Å²) < 4.78 is 0. The predicted molar refractivity (Wildman–Crippen MR) is 43.7 cm³/mol. The molecular formula is C6H7ClNP. The van der Waals surface area contributed by atoms with Crippen molar-refractivity contribution in [2.24, 2.45) is 0 Å². The zero-order chi connectivity index (χ0) is 6.53. The Morgan fingerprint density at radius 1 is 1.33 bits per heavy atom. The summed E-state index contributed by atoms with van der Waals surface area (Å²) >= 11 is 5.58. The normalized spacial score (nSPS) is 17.7. The fourth-order valence-corrected chi connectivity index (χ4v) is 1.17. The first-order chi connectivity index (χ1) is 4.43. The molecule has 1 rings (SSSR count). The van der Waals surface area contributed by atoms with Crippen LogP contribution >= 0.6 is 19.2 Å². The number of hydrogen-bond acceptors (Lipinski definition) is 1. The van der Waals surface area contributed by atoms with Crippen LogP contribution in [0.2, 0.25) is 0 Å². The summed E-state index contributed by atoms with van der Waals surface area (Å²) in [4.78, 5) is 0. The molecule has 0 aromatic carbocycles. The topological polar surface area (TPSA) is 12.0 Å². The molecule has 0 saturated heterocycles. The first-order valence-corrected chi connectivity index (χ1v) is 4.61. The molecule has 1 aliphatic rings. The third-order valence-electron chi connectivity index (χ3n) is 0.922.